The Labute approximate surface area is 151 Å². The number of rotatable bonds is 5. The molecule has 1 aliphatic rings. The highest BCUT2D eigenvalue weighted by Crippen LogP contribution is 2.25. The van der Waals surface area contributed by atoms with Gasteiger partial charge in [0.2, 0.25) is 5.91 Å². The molecule has 6 nitrogen and oxygen atoms in total. The molecule has 0 spiro atoms. The minimum absolute atomic E-state index is 0.0350. The van der Waals surface area contributed by atoms with Crippen LogP contribution in [-0.2, 0) is 17.6 Å². The topological polar surface area (TPSA) is 107 Å². The Morgan fingerprint density at radius 3 is 2.56 bits per heavy atom. The molecule has 0 saturated heterocycles. The molecule has 7 heteroatoms. The maximum absolute atomic E-state index is 12.2. The van der Waals surface area contributed by atoms with Crippen molar-refractivity contribution in [2.75, 3.05) is 17.2 Å². The van der Waals surface area contributed by atoms with Crippen LogP contribution in [0.15, 0.2) is 29.4 Å². The number of amides is 1. The molecule has 0 saturated carbocycles. The van der Waals surface area contributed by atoms with Crippen molar-refractivity contribution in [3.8, 4) is 0 Å². The number of fused-ring (bicyclic) bond motifs is 1. The monoisotopic (exact) mass is 357 g/mol. The lowest BCUT2D eigenvalue weighted by Crippen LogP contribution is -2.28. The summed E-state index contributed by atoms with van der Waals surface area (Å²) < 4.78 is 0. The maximum atomic E-state index is 12.2. The Morgan fingerprint density at radius 1 is 1.16 bits per heavy atom. The van der Waals surface area contributed by atoms with Crippen molar-refractivity contribution < 1.29 is 4.79 Å². The van der Waals surface area contributed by atoms with E-state index in [1.54, 1.807) is 0 Å². The van der Waals surface area contributed by atoms with Crippen LogP contribution in [-0.4, -0.2) is 21.6 Å². The average Bonchev–Trinajstić information content (AvgIpc) is 2.58. The number of thioether (sulfide) groups is 1. The smallest absolute Gasteiger partial charge is 0.230 e. The molecule has 1 atom stereocenters. The van der Waals surface area contributed by atoms with Crippen LogP contribution in [0.3, 0.4) is 0 Å². The number of aromatic nitrogens is 2. The third kappa shape index (κ3) is 4.63. The van der Waals surface area contributed by atoms with Crippen LogP contribution >= 0.6 is 11.8 Å². The molecule has 0 aliphatic heterocycles. The van der Waals surface area contributed by atoms with Gasteiger partial charge in [-0.2, -0.15) is 0 Å². The van der Waals surface area contributed by atoms with E-state index in [0.717, 1.165) is 18.4 Å². The summed E-state index contributed by atoms with van der Waals surface area (Å²) in [5.41, 5.74) is 15.3. The zero-order valence-corrected chi connectivity index (χ0v) is 15.1. The highest BCUT2D eigenvalue weighted by Gasteiger charge is 2.14. The molecule has 25 heavy (non-hydrogen) atoms. The van der Waals surface area contributed by atoms with Crippen molar-refractivity contribution in [2.24, 2.45) is 0 Å². The first-order valence-electron chi connectivity index (χ1n) is 8.45. The molecule has 1 amide bonds. The molecule has 1 heterocycles. The number of nitrogen functional groups attached to an aromatic ring is 2. The molecular weight excluding hydrogens is 334 g/mol. The largest absolute Gasteiger partial charge is 0.383 e. The van der Waals surface area contributed by atoms with Crippen molar-refractivity contribution >= 4 is 29.3 Å². The van der Waals surface area contributed by atoms with Gasteiger partial charge in [-0.05, 0) is 49.3 Å². The van der Waals surface area contributed by atoms with E-state index in [-0.39, 0.29) is 17.7 Å². The van der Waals surface area contributed by atoms with Crippen LogP contribution in [0.25, 0.3) is 0 Å². The normalized spacial score (nSPS) is 14.6. The van der Waals surface area contributed by atoms with Gasteiger partial charge in [-0.3, -0.25) is 4.79 Å². The maximum Gasteiger partial charge on any atom is 0.230 e. The minimum Gasteiger partial charge on any atom is -0.383 e. The molecular formula is C18H23N5OS. The molecule has 132 valence electrons. The molecule has 0 fully saturated rings. The highest BCUT2D eigenvalue weighted by atomic mass is 32.2. The second-order valence-corrected chi connectivity index (χ2v) is 7.26. The van der Waals surface area contributed by atoms with Crippen LogP contribution in [0.1, 0.15) is 42.5 Å². The van der Waals surface area contributed by atoms with Gasteiger partial charge in [0.1, 0.15) is 11.6 Å². The number of anilines is 2. The number of benzene rings is 1. The van der Waals surface area contributed by atoms with Crippen LogP contribution in [0.5, 0.6) is 0 Å². The van der Waals surface area contributed by atoms with Gasteiger partial charge in [0.15, 0.2) is 5.16 Å². The number of nitrogens with two attached hydrogens (primary N) is 2. The first kappa shape index (κ1) is 17.5. The van der Waals surface area contributed by atoms with Gasteiger partial charge < -0.3 is 16.8 Å². The van der Waals surface area contributed by atoms with E-state index in [1.165, 1.54) is 41.8 Å². The number of nitrogens with one attached hydrogen (secondary N) is 1. The van der Waals surface area contributed by atoms with Gasteiger partial charge in [0, 0.05) is 6.07 Å². The van der Waals surface area contributed by atoms with Crippen molar-refractivity contribution in [1.82, 2.24) is 15.3 Å². The molecule has 1 aliphatic carbocycles. The van der Waals surface area contributed by atoms with Crippen molar-refractivity contribution in [3.05, 3.63) is 41.0 Å². The molecule has 0 bridgehead atoms. The van der Waals surface area contributed by atoms with E-state index in [1.807, 2.05) is 6.92 Å². The number of carbonyl (C=O) groups excluding carboxylic acids is 1. The molecule has 2 aromatic rings. The lowest BCUT2D eigenvalue weighted by molar-refractivity contribution is -0.119. The van der Waals surface area contributed by atoms with Crippen molar-refractivity contribution in [1.29, 1.82) is 0 Å². The molecule has 1 aromatic heterocycles. The second-order valence-electron chi connectivity index (χ2n) is 6.31. The summed E-state index contributed by atoms with van der Waals surface area (Å²) in [5, 5.41) is 3.44. The quantitative estimate of drug-likeness (QED) is 0.560. The fourth-order valence-corrected chi connectivity index (χ4v) is 3.73. The predicted octanol–water partition coefficient (Wildman–Crippen LogP) is 2.49. The number of hydrogen-bond donors (Lipinski definition) is 3. The van der Waals surface area contributed by atoms with E-state index < -0.39 is 0 Å². The molecule has 5 N–H and O–H groups in total. The van der Waals surface area contributed by atoms with Crippen LogP contribution in [0, 0.1) is 0 Å². The number of carbonyl (C=O) groups is 1. The van der Waals surface area contributed by atoms with E-state index in [4.69, 9.17) is 11.5 Å². The van der Waals surface area contributed by atoms with E-state index >= 15 is 0 Å². The zero-order chi connectivity index (χ0) is 17.8. The van der Waals surface area contributed by atoms with Gasteiger partial charge >= 0.3 is 0 Å². The summed E-state index contributed by atoms with van der Waals surface area (Å²) in [6.07, 6.45) is 4.81. The average molecular weight is 357 g/mol. The van der Waals surface area contributed by atoms with Crippen LogP contribution in [0.2, 0.25) is 0 Å². The minimum atomic E-state index is -0.0696. The van der Waals surface area contributed by atoms with Gasteiger partial charge in [-0.15, -0.1) is 0 Å². The summed E-state index contributed by atoms with van der Waals surface area (Å²) in [6.45, 7) is 2.00. The van der Waals surface area contributed by atoms with Crippen molar-refractivity contribution in [3.63, 3.8) is 0 Å². The summed E-state index contributed by atoms with van der Waals surface area (Å²) in [5.74, 6) is 0.758. The lowest BCUT2D eigenvalue weighted by atomic mass is 9.89. The fraction of sp³-hybridized carbons (Fsp3) is 0.389. The van der Waals surface area contributed by atoms with E-state index in [9.17, 15) is 4.79 Å². The van der Waals surface area contributed by atoms with E-state index in [2.05, 4.69) is 33.5 Å². The Kier molecular flexibility index (Phi) is 5.43. The Balaban J connectivity index is 1.57. The van der Waals surface area contributed by atoms with Gasteiger partial charge in [-0.25, -0.2) is 9.97 Å². The SMILES string of the molecule is C[C@H](NC(=O)CSc1nc(N)cc(N)n1)c1ccc2c(c1)CCCC2. The van der Waals surface area contributed by atoms with E-state index in [0.29, 0.717) is 16.8 Å². The van der Waals surface area contributed by atoms with Gasteiger partial charge in [0.25, 0.3) is 0 Å². The standard InChI is InChI=1S/C18H23N5OS/c1-11(13-7-6-12-4-2-3-5-14(12)8-13)21-17(24)10-25-18-22-15(19)9-16(20)23-18/h6-9,11H,2-5,10H2,1H3,(H,21,24)(H4,19,20,22,23)/t11-/m0/s1. The summed E-state index contributed by atoms with van der Waals surface area (Å²) >= 11 is 1.22. The third-order valence-electron chi connectivity index (χ3n) is 4.33. The first-order valence-corrected chi connectivity index (χ1v) is 9.44. The number of hydrogen-bond acceptors (Lipinski definition) is 6. The van der Waals surface area contributed by atoms with Crippen LogP contribution in [0.4, 0.5) is 11.6 Å². The number of aryl methyl sites for hydroxylation is 2. The number of nitrogens with zero attached hydrogens (tertiary/aromatic N) is 2. The predicted molar refractivity (Wildman–Crippen MR) is 101 cm³/mol. The first-order chi connectivity index (χ1) is 12.0. The summed E-state index contributed by atoms with van der Waals surface area (Å²) in [6, 6.07) is 8.00. The van der Waals surface area contributed by atoms with Gasteiger partial charge in [0.05, 0.1) is 11.8 Å². The molecule has 0 radical (unpaired) electrons. The Morgan fingerprint density at radius 2 is 1.84 bits per heavy atom. The second kappa shape index (κ2) is 7.74. The molecule has 0 unspecified atom stereocenters. The third-order valence-corrected chi connectivity index (χ3v) is 5.17. The summed E-state index contributed by atoms with van der Waals surface area (Å²) in [7, 11) is 0. The highest BCUT2D eigenvalue weighted by molar-refractivity contribution is 7.99. The lowest BCUT2D eigenvalue weighted by Gasteiger charge is -2.20. The van der Waals surface area contributed by atoms with Crippen LogP contribution < -0.4 is 16.8 Å². The summed E-state index contributed by atoms with van der Waals surface area (Å²) in [4.78, 5) is 20.3. The molecule has 1 aromatic carbocycles. The Hall–Kier alpha value is -2.28. The fourth-order valence-electron chi connectivity index (χ4n) is 3.05. The molecule has 3 rings (SSSR count). The van der Waals surface area contributed by atoms with Gasteiger partial charge in [-0.1, -0.05) is 30.0 Å². The zero-order valence-electron chi connectivity index (χ0n) is 14.3. The Bertz CT molecular complexity index is 760. The van der Waals surface area contributed by atoms with Crippen molar-refractivity contribution in [2.45, 2.75) is 43.8 Å².